The van der Waals surface area contributed by atoms with E-state index in [1.165, 1.54) is 11.3 Å². The van der Waals surface area contributed by atoms with E-state index in [2.05, 4.69) is 24.3 Å². The second kappa shape index (κ2) is 7.07. The topological polar surface area (TPSA) is 56.2 Å². The highest BCUT2D eigenvalue weighted by atomic mass is 16.5. The van der Waals surface area contributed by atoms with Gasteiger partial charge in [-0.3, -0.25) is 9.48 Å². The lowest BCUT2D eigenvalue weighted by molar-refractivity contribution is -0.146. The zero-order valence-corrected chi connectivity index (χ0v) is 13.6. The molecule has 1 aliphatic carbocycles. The molecule has 21 heavy (non-hydrogen) atoms. The zero-order valence-electron chi connectivity index (χ0n) is 13.6. The van der Waals surface area contributed by atoms with Gasteiger partial charge in [0.05, 0.1) is 12.3 Å². The first-order valence-corrected chi connectivity index (χ1v) is 8.02. The Balaban J connectivity index is 1.98. The fourth-order valence-corrected chi connectivity index (χ4v) is 2.76. The molecule has 1 fully saturated rings. The summed E-state index contributed by atoms with van der Waals surface area (Å²) < 4.78 is 7.19. The van der Waals surface area contributed by atoms with Gasteiger partial charge in [0.1, 0.15) is 6.04 Å². The maximum absolute atomic E-state index is 12.0. The van der Waals surface area contributed by atoms with E-state index < -0.39 is 0 Å². The SMILES string of the molecule is CCOC(=O)C(CCn1nc(C)c(CC)c1C)NC1CC1. The van der Waals surface area contributed by atoms with Crippen LogP contribution >= 0.6 is 0 Å². The highest BCUT2D eigenvalue weighted by molar-refractivity contribution is 5.75. The van der Waals surface area contributed by atoms with Crippen LogP contribution < -0.4 is 5.32 Å². The fraction of sp³-hybridized carbons (Fsp3) is 0.750. The second-order valence-electron chi connectivity index (χ2n) is 5.76. The van der Waals surface area contributed by atoms with Crippen LogP contribution in [0, 0.1) is 13.8 Å². The van der Waals surface area contributed by atoms with E-state index in [1.54, 1.807) is 0 Å². The van der Waals surface area contributed by atoms with Crippen molar-refractivity contribution in [2.45, 2.75) is 72.0 Å². The molecule has 1 aliphatic rings. The minimum absolute atomic E-state index is 0.137. The summed E-state index contributed by atoms with van der Waals surface area (Å²) in [6.07, 6.45) is 4.05. The Labute approximate surface area is 127 Å². The number of hydrogen-bond donors (Lipinski definition) is 1. The number of nitrogens with one attached hydrogen (secondary N) is 1. The highest BCUT2D eigenvalue weighted by Crippen LogP contribution is 2.21. The van der Waals surface area contributed by atoms with Gasteiger partial charge in [-0.1, -0.05) is 6.92 Å². The molecule has 0 aromatic carbocycles. The Bertz CT molecular complexity index is 492. The Morgan fingerprint density at radius 3 is 2.67 bits per heavy atom. The normalized spacial score (nSPS) is 16.0. The molecule has 0 aliphatic heterocycles. The molecular weight excluding hydrogens is 266 g/mol. The molecule has 0 radical (unpaired) electrons. The first kappa shape index (κ1) is 16.0. The Kier molecular flexibility index (Phi) is 5.39. The molecule has 5 heteroatoms. The number of carbonyl (C=O) groups excluding carboxylic acids is 1. The molecule has 1 aromatic rings. The molecule has 118 valence electrons. The van der Waals surface area contributed by atoms with Crippen LogP contribution in [-0.2, 0) is 22.5 Å². The van der Waals surface area contributed by atoms with Crippen molar-refractivity contribution < 1.29 is 9.53 Å². The summed E-state index contributed by atoms with van der Waals surface area (Å²) in [5, 5.41) is 7.97. The maximum atomic E-state index is 12.0. The number of esters is 1. The third-order valence-corrected chi connectivity index (χ3v) is 4.10. The number of aryl methyl sites for hydroxylation is 2. The van der Waals surface area contributed by atoms with Crippen LogP contribution in [0.15, 0.2) is 0 Å². The predicted molar refractivity (Wildman–Crippen MR) is 82.3 cm³/mol. The van der Waals surface area contributed by atoms with Crippen molar-refractivity contribution in [3.8, 4) is 0 Å². The van der Waals surface area contributed by atoms with Gasteiger partial charge in [0.15, 0.2) is 0 Å². The van der Waals surface area contributed by atoms with Crippen molar-refractivity contribution in [2.75, 3.05) is 6.61 Å². The lowest BCUT2D eigenvalue weighted by Gasteiger charge is -2.17. The van der Waals surface area contributed by atoms with Crippen LogP contribution in [0.2, 0.25) is 0 Å². The fourth-order valence-electron chi connectivity index (χ4n) is 2.76. The van der Waals surface area contributed by atoms with Crippen LogP contribution in [0.1, 0.15) is 50.1 Å². The minimum Gasteiger partial charge on any atom is -0.465 e. The zero-order chi connectivity index (χ0) is 15.4. The van der Waals surface area contributed by atoms with E-state index in [9.17, 15) is 4.79 Å². The van der Waals surface area contributed by atoms with Gasteiger partial charge in [0, 0.05) is 18.3 Å². The lowest BCUT2D eigenvalue weighted by atomic mass is 10.1. The van der Waals surface area contributed by atoms with Gasteiger partial charge in [-0.25, -0.2) is 0 Å². The summed E-state index contributed by atoms with van der Waals surface area (Å²) >= 11 is 0. The van der Waals surface area contributed by atoms with E-state index in [4.69, 9.17) is 4.74 Å². The largest absolute Gasteiger partial charge is 0.465 e. The summed E-state index contributed by atoms with van der Waals surface area (Å²) in [7, 11) is 0. The minimum atomic E-state index is -0.216. The average Bonchev–Trinajstić information content (AvgIpc) is 3.22. The van der Waals surface area contributed by atoms with Gasteiger partial charge in [-0.05, 0) is 52.0 Å². The molecule has 5 nitrogen and oxygen atoms in total. The van der Waals surface area contributed by atoms with Gasteiger partial charge in [0.2, 0.25) is 0 Å². The van der Waals surface area contributed by atoms with Crippen LogP contribution in [0.25, 0.3) is 0 Å². The molecule has 1 aromatic heterocycles. The number of carbonyl (C=O) groups is 1. The molecule has 0 amide bonds. The summed E-state index contributed by atoms with van der Waals surface area (Å²) in [5.41, 5.74) is 3.62. The average molecular weight is 293 g/mol. The standard InChI is InChI=1S/C16H27N3O2/c1-5-14-11(3)18-19(12(14)4)10-9-15(16(20)21-6-2)17-13-7-8-13/h13,15,17H,5-10H2,1-4H3. The van der Waals surface area contributed by atoms with Crippen molar-refractivity contribution in [3.05, 3.63) is 17.0 Å². The van der Waals surface area contributed by atoms with E-state index >= 15 is 0 Å². The van der Waals surface area contributed by atoms with Gasteiger partial charge in [0.25, 0.3) is 0 Å². The second-order valence-corrected chi connectivity index (χ2v) is 5.76. The van der Waals surface area contributed by atoms with E-state index in [1.807, 2.05) is 18.5 Å². The molecule has 0 bridgehead atoms. The molecule has 1 unspecified atom stereocenters. The van der Waals surface area contributed by atoms with E-state index in [0.29, 0.717) is 12.6 Å². The first-order valence-electron chi connectivity index (χ1n) is 8.02. The van der Waals surface area contributed by atoms with Crippen molar-refractivity contribution in [1.29, 1.82) is 0 Å². The lowest BCUT2D eigenvalue weighted by Crippen LogP contribution is -2.40. The van der Waals surface area contributed by atoms with Crippen LogP contribution in [0.3, 0.4) is 0 Å². The Hall–Kier alpha value is -1.36. The molecular formula is C16H27N3O2. The molecule has 1 N–H and O–H groups in total. The number of nitrogens with zero attached hydrogens (tertiary/aromatic N) is 2. The van der Waals surface area contributed by atoms with Gasteiger partial charge in [-0.2, -0.15) is 5.10 Å². The molecule has 2 rings (SSSR count). The van der Waals surface area contributed by atoms with Crippen molar-refractivity contribution in [1.82, 2.24) is 15.1 Å². The van der Waals surface area contributed by atoms with Crippen LogP contribution in [0.4, 0.5) is 0 Å². The summed E-state index contributed by atoms with van der Waals surface area (Å²) in [4.78, 5) is 12.0. The molecule has 1 saturated carbocycles. The third-order valence-electron chi connectivity index (χ3n) is 4.10. The number of ether oxygens (including phenoxy) is 1. The molecule has 0 spiro atoms. The number of rotatable bonds is 8. The number of hydrogen-bond acceptors (Lipinski definition) is 4. The first-order chi connectivity index (χ1) is 10.1. The maximum Gasteiger partial charge on any atom is 0.323 e. The van der Waals surface area contributed by atoms with Gasteiger partial charge < -0.3 is 10.1 Å². The van der Waals surface area contributed by atoms with E-state index in [-0.39, 0.29) is 12.0 Å². The molecule has 0 saturated heterocycles. The quantitative estimate of drug-likeness (QED) is 0.746. The van der Waals surface area contributed by atoms with Gasteiger partial charge >= 0.3 is 5.97 Å². The Morgan fingerprint density at radius 2 is 2.14 bits per heavy atom. The molecule has 1 heterocycles. The van der Waals surface area contributed by atoms with Crippen molar-refractivity contribution >= 4 is 5.97 Å². The van der Waals surface area contributed by atoms with Crippen molar-refractivity contribution in [2.24, 2.45) is 0 Å². The predicted octanol–water partition coefficient (Wildman–Crippen LogP) is 2.14. The molecule has 1 atom stereocenters. The van der Waals surface area contributed by atoms with E-state index in [0.717, 1.165) is 37.9 Å². The van der Waals surface area contributed by atoms with Gasteiger partial charge in [-0.15, -0.1) is 0 Å². The smallest absolute Gasteiger partial charge is 0.323 e. The monoisotopic (exact) mass is 293 g/mol. The number of aromatic nitrogens is 2. The Morgan fingerprint density at radius 1 is 1.43 bits per heavy atom. The summed E-state index contributed by atoms with van der Waals surface area (Å²) in [6.45, 7) is 9.33. The van der Waals surface area contributed by atoms with Crippen LogP contribution in [0.5, 0.6) is 0 Å². The summed E-state index contributed by atoms with van der Waals surface area (Å²) in [5.74, 6) is -0.137. The van der Waals surface area contributed by atoms with Crippen molar-refractivity contribution in [3.63, 3.8) is 0 Å². The van der Waals surface area contributed by atoms with Crippen LogP contribution in [-0.4, -0.2) is 34.4 Å². The highest BCUT2D eigenvalue weighted by Gasteiger charge is 2.29. The summed E-state index contributed by atoms with van der Waals surface area (Å²) in [6, 6.07) is 0.275. The third kappa shape index (κ3) is 4.06.